The maximum atomic E-state index is 11.2. The molecule has 0 atom stereocenters. The molecular weight excluding hydrogens is 250 g/mol. The predicted octanol–water partition coefficient (Wildman–Crippen LogP) is 1.96. The van der Waals surface area contributed by atoms with E-state index in [0.29, 0.717) is 24.5 Å². The van der Waals surface area contributed by atoms with Crippen LogP contribution in [0.15, 0.2) is 23.3 Å². The lowest BCUT2D eigenvalue weighted by molar-refractivity contribution is 0.339. The molecule has 0 saturated heterocycles. The first-order chi connectivity index (χ1) is 8.74. The van der Waals surface area contributed by atoms with Gasteiger partial charge in [0, 0.05) is 12.1 Å². The lowest BCUT2D eigenvalue weighted by Crippen LogP contribution is -2.03. The molecule has 0 aliphatic heterocycles. The Kier molecular flexibility index (Phi) is 3.75. The zero-order valence-electron chi connectivity index (χ0n) is 9.77. The van der Waals surface area contributed by atoms with Crippen molar-refractivity contribution in [3.05, 3.63) is 33.7 Å². The largest absolute Gasteiger partial charge is 0.493 e. The molecule has 2 heterocycles. The molecule has 0 aliphatic rings. The average Bonchev–Trinajstić information content (AvgIpc) is 2.74. The highest BCUT2D eigenvalue weighted by Gasteiger charge is 2.12. The lowest BCUT2D eigenvalue weighted by atomic mass is 10.3. The first-order valence-corrected chi connectivity index (χ1v) is 6.23. The van der Waals surface area contributed by atoms with E-state index in [0.717, 1.165) is 9.75 Å². The summed E-state index contributed by atoms with van der Waals surface area (Å²) < 4.78 is 5.47. The number of aromatic amines is 1. The third kappa shape index (κ3) is 2.57. The number of nitrogens with zero attached hydrogens (tertiary/aromatic N) is 2. The molecule has 18 heavy (non-hydrogen) atoms. The summed E-state index contributed by atoms with van der Waals surface area (Å²) in [7, 11) is 0. The van der Waals surface area contributed by atoms with Gasteiger partial charge in [-0.2, -0.15) is 5.26 Å². The van der Waals surface area contributed by atoms with Gasteiger partial charge in [0.05, 0.1) is 40.9 Å². The highest BCUT2D eigenvalue weighted by Crippen LogP contribution is 2.35. The predicted molar refractivity (Wildman–Crippen MR) is 68.7 cm³/mol. The molecule has 92 valence electrons. The molecule has 0 radical (unpaired) electrons. The molecule has 0 fully saturated rings. The molecule has 0 unspecified atom stereocenters. The Balaban J connectivity index is 2.43. The van der Waals surface area contributed by atoms with Gasteiger partial charge < -0.3 is 9.72 Å². The van der Waals surface area contributed by atoms with Gasteiger partial charge in [0.1, 0.15) is 5.75 Å². The van der Waals surface area contributed by atoms with Crippen molar-refractivity contribution >= 4 is 11.3 Å². The summed E-state index contributed by atoms with van der Waals surface area (Å²) in [4.78, 5) is 19.5. The van der Waals surface area contributed by atoms with Crippen LogP contribution >= 0.6 is 11.3 Å². The van der Waals surface area contributed by atoms with Crippen molar-refractivity contribution in [2.45, 2.75) is 13.3 Å². The van der Waals surface area contributed by atoms with E-state index in [1.807, 2.05) is 13.0 Å². The van der Waals surface area contributed by atoms with E-state index < -0.39 is 0 Å². The Morgan fingerprint density at radius 1 is 1.56 bits per heavy atom. The van der Waals surface area contributed by atoms with Gasteiger partial charge in [-0.1, -0.05) is 0 Å². The fraction of sp³-hybridized carbons (Fsp3) is 0.250. The zero-order chi connectivity index (χ0) is 13.0. The van der Waals surface area contributed by atoms with E-state index in [4.69, 9.17) is 10.00 Å². The fourth-order valence-electron chi connectivity index (χ4n) is 1.51. The van der Waals surface area contributed by atoms with Crippen molar-refractivity contribution in [3.8, 4) is 22.4 Å². The number of hydrogen-bond acceptors (Lipinski definition) is 5. The third-order valence-electron chi connectivity index (χ3n) is 2.24. The van der Waals surface area contributed by atoms with E-state index in [-0.39, 0.29) is 5.56 Å². The monoisotopic (exact) mass is 261 g/mol. The minimum Gasteiger partial charge on any atom is -0.493 e. The Labute approximate surface area is 108 Å². The second-order valence-electron chi connectivity index (χ2n) is 3.46. The molecule has 0 amide bonds. The van der Waals surface area contributed by atoms with Gasteiger partial charge in [-0.25, -0.2) is 4.98 Å². The summed E-state index contributed by atoms with van der Waals surface area (Å²) in [6, 6.07) is 5.35. The number of rotatable bonds is 4. The first kappa shape index (κ1) is 12.3. The molecular formula is C12H11N3O2S. The van der Waals surface area contributed by atoms with Crippen molar-refractivity contribution in [2.24, 2.45) is 0 Å². The van der Waals surface area contributed by atoms with Crippen LogP contribution in [0.4, 0.5) is 0 Å². The number of nitriles is 1. The van der Waals surface area contributed by atoms with E-state index in [2.05, 4.69) is 16.0 Å². The van der Waals surface area contributed by atoms with Crippen molar-refractivity contribution in [1.82, 2.24) is 9.97 Å². The normalized spacial score (nSPS) is 10.0. The van der Waals surface area contributed by atoms with Gasteiger partial charge in [-0.05, 0) is 6.92 Å². The first-order valence-electron chi connectivity index (χ1n) is 5.42. The quantitative estimate of drug-likeness (QED) is 0.912. The number of aromatic nitrogens is 2. The Hall–Kier alpha value is -2.13. The summed E-state index contributed by atoms with van der Waals surface area (Å²) in [5, 5.41) is 8.77. The van der Waals surface area contributed by atoms with Crippen LogP contribution in [-0.4, -0.2) is 16.6 Å². The summed E-state index contributed by atoms with van der Waals surface area (Å²) in [5.41, 5.74) is 0.391. The van der Waals surface area contributed by atoms with Crippen LogP contribution in [0, 0.1) is 11.3 Å². The van der Waals surface area contributed by atoms with Crippen LogP contribution < -0.4 is 10.3 Å². The van der Waals surface area contributed by atoms with Crippen LogP contribution in [0.25, 0.3) is 10.6 Å². The molecule has 0 bridgehead atoms. The topological polar surface area (TPSA) is 78.8 Å². The van der Waals surface area contributed by atoms with Gasteiger partial charge in [0.2, 0.25) is 0 Å². The Morgan fingerprint density at radius 2 is 2.39 bits per heavy atom. The van der Waals surface area contributed by atoms with Crippen LogP contribution in [0.5, 0.6) is 5.75 Å². The van der Waals surface area contributed by atoms with Crippen molar-refractivity contribution in [1.29, 1.82) is 5.26 Å². The molecule has 0 aromatic carbocycles. The number of H-pyrrole nitrogens is 1. The highest BCUT2D eigenvalue weighted by molar-refractivity contribution is 7.15. The van der Waals surface area contributed by atoms with Gasteiger partial charge in [-0.3, -0.25) is 4.79 Å². The molecule has 0 spiro atoms. The summed E-state index contributed by atoms with van der Waals surface area (Å²) in [5.74, 6) is 0.695. The Morgan fingerprint density at radius 3 is 3.06 bits per heavy atom. The smallest absolute Gasteiger partial charge is 0.251 e. The standard InChI is InChI=1S/C12H11N3O2S/c1-2-17-9-6-11(18-10(9)3-4-13)8-5-12(16)15-7-14-8/h5-7H,2-3H2,1H3,(H,14,15,16). The molecule has 1 N–H and O–H groups in total. The Bertz CT molecular complexity index is 639. The van der Waals surface area contributed by atoms with Crippen LogP contribution in [0.2, 0.25) is 0 Å². The van der Waals surface area contributed by atoms with Crippen LogP contribution in [0.3, 0.4) is 0 Å². The van der Waals surface area contributed by atoms with Gasteiger partial charge in [-0.15, -0.1) is 11.3 Å². The van der Waals surface area contributed by atoms with E-state index >= 15 is 0 Å². The molecule has 2 aromatic heterocycles. The molecule has 0 saturated carbocycles. The zero-order valence-corrected chi connectivity index (χ0v) is 10.6. The molecule has 2 rings (SSSR count). The highest BCUT2D eigenvalue weighted by atomic mass is 32.1. The van der Waals surface area contributed by atoms with Gasteiger partial charge in [0.15, 0.2) is 0 Å². The van der Waals surface area contributed by atoms with E-state index in [1.54, 1.807) is 0 Å². The maximum absolute atomic E-state index is 11.2. The molecule has 2 aromatic rings. The third-order valence-corrected chi connectivity index (χ3v) is 3.38. The van der Waals surface area contributed by atoms with E-state index in [9.17, 15) is 4.79 Å². The van der Waals surface area contributed by atoms with Crippen LogP contribution in [0.1, 0.15) is 11.8 Å². The second kappa shape index (κ2) is 5.47. The molecule has 6 heteroatoms. The van der Waals surface area contributed by atoms with Crippen LogP contribution in [-0.2, 0) is 6.42 Å². The number of nitrogens with one attached hydrogen (secondary N) is 1. The lowest BCUT2D eigenvalue weighted by Gasteiger charge is -2.00. The number of ether oxygens (including phenoxy) is 1. The summed E-state index contributed by atoms with van der Waals surface area (Å²) in [6.45, 7) is 2.43. The number of hydrogen-bond donors (Lipinski definition) is 1. The molecule has 0 aliphatic carbocycles. The molecule has 5 nitrogen and oxygen atoms in total. The number of thiophene rings is 1. The van der Waals surface area contributed by atoms with Gasteiger partial charge in [0.25, 0.3) is 5.56 Å². The minimum atomic E-state index is -0.201. The van der Waals surface area contributed by atoms with Crippen molar-refractivity contribution in [3.63, 3.8) is 0 Å². The van der Waals surface area contributed by atoms with Crippen molar-refractivity contribution in [2.75, 3.05) is 6.61 Å². The second-order valence-corrected chi connectivity index (χ2v) is 4.60. The maximum Gasteiger partial charge on any atom is 0.251 e. The van der Waals surface area contributed by atoms with Crippen molar-refractivity contribution < 1.29 is 4.74 Å². The fourth-order valence-corrected chi connectivity index (χ4v) is 2.52. The summed E-state index contributed by atoms with van der Waals surface area (Å²) in [6.07, 6.45) is 1.66. The summed E-state index contributed by atoms with van der Waals surface area (Å²) >= 11 is 1.42. The minimum absolute atomic E-state index is 0.201. The van der Waals surface area contributed by atoms with Gasteiger partial charge >= 0.3 is 0 Å². The van der Waals surface area contributed by atoms with E-state index in [1.165, 1.54) is 23.7 Å². The SMILES string of the molecule is CCOc1cc(-c2cc(=O)[nH]cn2)sc1CC#N. The average molecular weight is 261 g/mol.